The highest BCUT2D eigenvalue weighted by Crippen LogP contribution is 2.29. The van der Waals surface area contributed by atoms with Gasteiger partial charge in [-0.15, -0.1) is 11.8 Å². The lowest BCUT2D eigenvalue weighted by atomic mass is 10.3. The molecule has 0 unspecified atom stereocenters. The Balaban J connectivity index is 2.10. The van der Waals surface area contributed by atoms with Crippen LogP contribution in [0, 0.1) is 0 Å². The van der Waals surface area contributed by atoms with E-state index in [1.165, 1.54) is 0 Å². The van der Waals surface area contributed by atoms with Gasteiger partial charge < -0.3 is 4.74 Å². The molecule has 2 nitrogen and oxygen atoms in total. The molecule has 0 bridgehead atoms. The van der Waals surface area contributed by atoms with Gasteiger partial charge in [-0.25, -0.2) is 4.98 Å². The van der Waals surface area contributed by atoms with Gasteiger partial charge in [0.1, 0.15) is 5.75 Å². The predicted octanol–water partition coefficient (Wildman–Crippen LogP) is 5.29. The Kier molecular flexibility index (Phi) is 4.75. The number of nitrogens with zero attached hydrogens (tertiary/aromatic N) is 1. The van der Waals surface area contributed by atoms with Gasteiger partial charge in [-0.2, -0.15) is 0 Å². The number of ether oxygens (including phenoxy) is 1. The van der Waals surface area contributed by atoms with Gasteiger partial charge >= 0.3 is 0 Å². The van der Waals surface area contributed by atoms with Crippen molar-refractivity contribution in [2.24, 2.45) is 0 Å². The molecule has 0 spiro atoms. The van der Waals surface area contributed by atoms with Crippen molar-refractivity contribution < 1.29 is 4.74 Å². The van der Waals surface area contributed by atoms with E-state index in [2.05, 4.69) is 11.9 Å². The van der Waals surface area contributed by atoms with Crippen LogP contribution in [-0.4, -0.2) is 10.7 Å². The van der Waals surface area contributed by atoms with E-state index in [0.29, 0.717) is 21.7 Å². The van der Waals surface area contributed by atoms with Crippen LogP contribution in [0.4, 0.5) is 0 Å². The summed E-state index contributed by atoms with van der Waals surface area (Å²) in [5.41, 5.74) is 0. The molecule has 0 aliphatic heterocycles. The Morgan fingerprint density at radius 1 is 1.17 bits per heavy atom. The van der Waals surface area contributed by atoms with Gasteiger partial charge in [0.25, 0.3) is 0 Å². The lowest BCUT2D eigenvalue weighted by Crippen LogP contribution is -1.88. The van der Waals surface area contributed by atoms with Gasteiger partial charge in [-0.3, -0.25) is 0 Å². The molecule has 0 aliphatic rings. The predicted molar refractivity (Wildman–Crippen MR) is 77.2 cm³/mol. The molecule has 0 fully saturated rings. The third-order valence-electron chi connectivity index (χ3n) is 2.13. The van der Waals surface area contributed by atoms with E-state index in [1.807, 2.05) is 12.1 Å². The first-order chi connectivity index (χ1) is 8.69. The molecular weight excluding hydrogens is 289 g/mol. The highest BCUT2D eigenvalue weighted by Gasteiger charge is 2.03. The minimum atomic E-state index is 0.465. The van der Waals surface area contributed by atoms with Crippen LogP contribution in [0.2, 0.25) is 10.0 Å². The first kappa shape index (κ1) is 13.5. The summed E-state index contributed by atoms with van der Waals surface area (Å²) in [7, 11) is 0. The van der Waals surface area contributed by atoms with Crippen molar-refractivity contribution in [1.82, 2.24) is 4.98 Å². The van der Waals surface area contributed by atoms with Crippen molar-refractivity contribution in [2.75, 3.05) is 5.75 Å². The van der Waals surface area contributed by atoms with Gasteiger partial charge in [0.15, 0.2) is 0 Å². The Morgan fingerprint density at radius 2 is 2.00 bits per heavy atom. The van der Waals surface area contributed by atoms with Crippen molar-refractivity contribution in [3.8, 4) is 11.6 Å². The summed E-state index contributed by atoms with van der Waals surface area (Å²) in [6, 6.07) is 8.93. The number of rotatable bonds is 4. The van der Waals surface area contributed by atoms with Gasteiger partial charge in [0, 0.05) is 23.2 Å². The van der Waals surface area contributed by atoms with Crippen molar-refractivity contribution in [3.05, 3.63) is 46.6 Å². The van der Waals surface area contributed by atoms with Crippen LogP contribution in [0.3, 0.4) is 0 Å². The summed E-state index contributed by atoms with van der Waals surface area (Å²) in [6.45, 7) is 2.10. The Labute approximate surface area is 120 Å². The number of thioether (sulfide) groups is 1. The van der Waals surface area contributed by atoms with Gasteiger partial charge in [-0.05, 0) is 24.0 Å². The SMILES string of the molecule is CCSc1ccc(Oc2ccc(Cl)c(Cl)c2)nc1. The molecule has 0 atom stereocenters. The molecular formula is C13H11Cl2NOS. The average molecular weight is 300 g/mol. The van der Waals surface area contributed by atoms with Crippen LogP contribution in [-0.2, 0) is 0 Å². The molecule has 94 valence electrons. The Morgan fingerprint density at radius 3 is 2.61 bits per heavy atom. The molecule has 1 aromatic carbocycles. The van der Waals surface area contributed by atoms with E-state index >= 15 is 0 Å². The van der Waals surface area contributed by atoms with E-state index in [0.717, 1.165) is 10.6 Å². The lowest BCUT2D eigenvalue weighted by Gasteiger charge is -2.06. The van der Waals surface area contributed by atoms with E-state index in [1.54, 1.807) is 36.2 Å². The van der Waals surface area contributed by atoms with Crippen LogP contribution < -0.4 is 4.74 Å². The van der Waals surface area contributed by atoms with Crippen molar-refractivity contribution >= 4 is 35.0 Å². The Bertz CT molecular complexity index is 531. The maximum atomic E-state index is 5.91. The van der Waals surface area contributed by atoms with E-state index in [-0.39, 0.29) is 0 Å². The summed E-state index contributed by atoms with van der Waals surface area (Å²) < 4.78 is 5.58. The number of aromatic nitrogens is 1. The molecule has 0 amide bonds. The molecule has 2 rings (SSSR count). The number of benzene rings is 1. The number of hydrogen-bond donors (Lipinski definition) is 0. The van der Waals surface area contributed by atoms with Crippen molar-refractivity contribution in [1.29, 1.82) is 0 Å². The summed E-state index contributed by atoms with van der Waals surface area (Å²) in [5.74, 6) is 2.18. The molecule has 0 saturated heterocycles. The standard InChI is InChI=1S/C13H11Cl2NOS/c1-2-18-10-4-6-13(16-8-10)17-9-3-5-11(14)12(15)7-9/h3-8H,2H2,1H3. The van der Waals surface area contributed by atoms with Gasteiger partial charge in [0.05, 0.1) is 10.0 Å². The zero-order valence-corrected chi connectivity index (χ0v) is 12.0. The lowest BCUT2D eigenvalue weighted by molar-refractivity contribution is 0.462. The van der Waals surface area contributed by atoms with Gasteiger partial charge in [-0.1, -0.05) is 30.1 Å². The molecule has 1 heterocycles. The molecule has 0 N–H and O–H groups in total. The fourth-order valence-electron chi connectivity index (χ4n) is 1.34. The zero-order chi connectivity index (χ0) is 13.0. The molecule has 0 aliphatic carbocycles. The maximum Gasteiger partial charge on any atom is 0.219 e. The fourth-order valence-corrected chi connectivity index (χ4v) is 2.25. The van der Waals surface area contributed by atoms with E-state index < -0.39 is 0 Å². The van der Waals surface area contributed by atoms with Crippen LogP contribution in [0.1, 0.15) is 6.92 Å². The maximum absolute atomic E-state index is 5.91. The van der Waals surface area contributed by atoms with E-state index in [4.69, 9.17) is 27.9 Å². The quantitative estimate of drug-likeness (QED) is 0.716. The third kappa shape index (κ3) is 3.55. The first-order valence-electron chi connectivity index (χ1n) is 5.41. The summed E-state index contributed by atoms with van der Waals surface area (Å²) in [6.07, 6.45) is 1.79. The molecule has 5 heteroatoms. The number of pyridine rings is 1. The van der Waals surface area contributed by atoms with Crippen molar-refractivity contribution in [3.63, 3.8) is 0 Å². The topological polar surface area (TPSA) is 22.1 Å². The summed E-state index contributed by atoms with van der Waals surface area (Å²) in [5, 5.41) is 0.971. The minimum Gasteiger partial charge on any atom is -0.439 e. The smallest absolute Gasteiger partial charge is 0.219 e. The van der Waals surface area contributed by atoms with Crippen LogP contribution >= 0.6 is 35.0 Å². The number of hydrogen-bond acceptors (Lipinski definition) is 3. The second kappa shape index (κ2) is 6.32. The average Bonchev–Trinajstić information content (AvgIpc) is 2.37. The summed E-state index contributed by atoms with van der Waals surface area (Å²) in [4.78, 5) is 5.35. The molecule has 1 aromatic heterocycles. The van der Waals surface area contributed by atoms with Crippen LogP contribution in [0.15, 0.2) is 41.4 Å². The first-order valence-corrected chi connectivity index (χ1v) is 7.15. The highest BCUT2D eigenvalue weighted by atomic mass is 35.5. The van der Waals surface area contributed by atoms with E-state index in [9.17, 15) is 0 Å². The van der Waals surface area contributed by atoms with Crippen LogP contribution in [0.25, 0.3) is 0 Å². The minimum absolute atomic E-state index is 0.465. The highest BCUT2D eigenvalue weighted by molar-refractivity contribution is 7.99. The Hall–Kier alpha value is -0.900. The van der Waals surface area contributed by atoms with Crippen LogP contribution in [0.5, 0.6) is 11.6 Å². The van der Waals surface area contributed by atoms with Crippen molar-refractivity contribution in [2.45, 2.75) is 11.8 Å². The second-order valence-electron chi connectivity index (χ2n) is 3.44. The van der Waals surface area contributed by atoms with Gasteiger partial charge in [0.2, 0.25) is 5.88 Å². The zero-order valence-electron chi connectivity index (χ0n) is 9.69. The number of halogens is 2. The fraction of sp³-hybridized carbons (Fsp3) is 0.154. The largest absolute Gasteiger partial charge is 0.439 e. The molecule has 18 heavy (non-hydrogen) atoms. The molecule has 2 aromatic rings. The summed E-state index contributed by atoms with van der Waals surface area (Å²) >= 11 is 13.5. The third-order valence-corrected chi connectivity index (χ3v) is 3.74. The molecule has 0 radical (unpaired) electrons. The normalized spacial score (nSPS) is 10.4. The second-order valence-corrected chi connectivity index (χ2v) is 5.59. The monoisotopic (exact) mass is 299 g/mol. The molecule has 0 saturated carbocycles.